The predicted octanol–water partition coefficient (Wildman–Crippen LogP) is 2.64. The van der Waals surface area contributed by atoms with Crippen LogP contribution in [0.2, 0.25) is 0 Å². The third-order valence-corrected chi connectivity index (χ3v) is 6.60. The molecule has 2 aromatic rings. The van der Waals surface area contributed by atoms with Gasteiger partial charge < -0.3 is 19.8 Å². The second-order valence-corrected chi connectivity index (χ2v) is 8.85. The average Bonchev–Trinajstić information content (AvgIpc) is 3.18. The van der Waals surface area contributed by atoms with Crippen molar-refractivity contribution in [3.8, 4) is 15.8 Å². The lowest BCUT2D eigenvalue weighted by Gasteiger charge is -2.54. The molecule has 158 valence electrons. The molecule has 8 nitrogen and oxygen atoms in total. The number of hydrogen-bond donors (Lipinski definition) is 2. The summed E-state index contributed by atoms with van der Waals surface area (Å²) in [4.78, 5) is 21.7. The summed E-state index contributed by atoms with van der Waals surface area (Å²) in [6.45, 7) is 3.74. The fourth-order valence-electron chi connectivity index (χ4n) is 4.77. The van der Waals surface area contributed by atoms with Crippen LogP contribution in [-0.2, 0) is 9.59 Å². The molecular weight excluding hydrogens is 406 g/mol. The summed E-state index contributed by atoms with van der Waals surface area (Å²) < 4.78 is 6.31. The van der Waals surface area contributed by atoms with E-state index in [1.165, 1.54) is 32.5 Å². The fraction of sp³-hybridized carbons (Fsp3) is 0.429. The van der Waals surface area contributed by atoms with Crippen LogP contribution in [0.15, 0.2) is 42.5 Å². The Bertz CT molecular complexity index is 886. The Morgan fingerprint density at radius 2 is 1.63 bits per heavy atom. The second-order valence-electron chi connectivity index (χ2n) is 7.91. The summed E-state index contributed by atoms with van der Waals surface area (Å²) in [5.74, 6) is -0.225. The summed E-state index contributed by atoms with van der Waals surface area (Å²) in [5.41, 5.74) is 1.12. The van der Waals surface area contributed by atoms with Crippen LogP contribution in [-0.4, -0.2) is 63.0 Å². The maximum atomic E-state index is 9.55. The fourth-order valence-corrected chi connectivity index (χ4v) is 5.51. The molecule has 1 saturated carbocycles. The van der Waals surface area contributed by atoms with E-state index in [4.69, 9.17) is 14.9 Å². The maximum Gasteiger partial charge on any atom is 0.328 e. The van der Waals surface area contributed by atoms with Gasteiger partial charge in [0.2, 0.25) is 0 Å². The first-order valence-electron chi connectivity index (χ1n) is 9.90. The van der Waals surface area contributed by atoms with E-state index in [1.54, 1.807) is 11.3 Å². The number of nitrogens with zero attached hydrogens (tertiary/aromatic N) is 3. The summed E-state index contributed by atoms with van der Waals surface area (Å²) in [6, 6.07) is 10.2. The number of carbonyl (C=O) groups is 2. The molecule has 1 aromatic heterocycles. The lowest BCUT2D eigenvalue weighted by Crippen LogP contribution is -2.61. The SMILES string of the molecule is O=C(O)/C=C/C(=O)O.c1ccc(-c2nnc(OC3C4CC5CC3CN(C5)C4)s2)cc1. The Morgan fingerprint density at radius 1 is 1.00 bits per heavy atom. The molecule has 4 heterocycles. The van der Waals surface area contributed by atoms with Crippen molar-refractivity contribution in [2.45, 2.75) is 18.9 Å². The highest BCUT2D eigenvalue weighted by atomic mass is 32.1. The van der Waals surface area contributed by atoms with E-state index in [2.05, 4.69) is 27.2 Å². The van der Waals surface area contributed by atoms with Crippen molar-refractivity contribution in [1.29, 1.82) is 0 Å². The number of ether oxygens (including phenoxy) is 1. The minimum Gasteiger partial charge on any atom is -0.478 e. The van der Waals surface area contributed by atoms with Gasteiger partial charge in [0.15, 0.2) is 5.01 Å². The molecule has 9 heteroatoms. The average molecular weight is 429 g/mol. The summed E-state index contributed by atoms with van der Waals surface area (Å²) in [7, 11) is 0. The third kappa shape index (κ3) is 4.85. The zero-order valence-corrected chi connectivity index (χ0v) is 17.1. The Morgan fingerprint density at radius 3 is 2.20 bits per heavy atom. The van der Waals surface area contributed by atoms with Crippen molar-refractivity contribution < 1.29 is 24.5 Å². The zero-order valence-electron chi connectivity index (χ0n) is 16.3. The van der Waals surface area contributed by atoms with Crippen LogP contribution in [0.5, 0.6) is 5.19 Å². The van der Waals surface area contributed by atoms with Crippen LogP contribution in [0, 0.1) is 17.8 Å². The number of rotatable bonds is 5. The molecule has 0 spiro atoms. The van der Waals surface area contributed by atoms with E-state index in [0.29, 0.717) is 30.1 Å². The predicted molar refractivity (Wildman–Crippen MR) is 110 cm³/mol. The molecule has 2 atom stereocenters. The summed E-state index contributed by atoms with van der Waals surface area (Å²) >= 11 is 1.57. The molecule has 0 amide bonds. The van der Waals surface area contributed by atoms with Gasteiger partial charge >= 0.3 is 11.9 Å². The van der Waals surface area contributed by atoms with Gasteiger partial charge in [-0.05, 0) is 18.8 Å². The van der Waals surface area contributed by atoms with Crippen LogP contribution in [0.25, 0.3) is 10.6 Å². The van der Waals surface area contributed by atoms with Crippen molar-refractivity contribution in [3.05, 3.63) is 42.5 Å². The molecular formula is C21H23N3O5S. The minimum atomic E-state index is -1.26. The van der Waals surface area contributed by atoms with E-state index < -0.39 is 11.9 Å². The van der Waals surface area contributed by atoms with E-state index in [0.717, 1.165) is 21.7 Å². The van der Waals surface area contributed by atoms with E-state index in [9.17, 15) is 9.59 Å². The van der Waals surface area contributed by atoms with Gasteiger partial charge in [0, 0.05) is 49.2 Å². The molecule has 3 saturated heterocycles. The zero-order chi connectivity index (χ0) is 21.1. The lowest BCUT2D eigenvalue weighted by atomic mass is 9.66. The van der Waals surface area contributed by atoms with Gasteiger partial charge in [0.25, 0.3) is 5.19 Å². The molecule has 4 aliphatic rings. The third-order valence-electron chi connectivity index (χ3n) is 5.74. The van der Waals surface area contributed by atoms with Gasteiger partial charge in [0.05, 0.1) is 0 Å². The van der Waals surface area contributed by atoms with Gasteiger partial charge in [-0.25, -0.2) is 9.59 Å². The quantitative estimate of drug-likeness (QED) is 0.698. The summed E-state index contributed by atoms with van der Waals surface area (Å²) in [5, 5.41) is 25.9. The van der Waals surface area contributed by atoms with Crippen molar-refractivity contribution in [2.24, 2.45) is 17.8 Å². The van der Waals surface area contributed by atoms with Crippen LogP contribution in [0.3, 0.4) is 0 Å². The van der Waals surface area contributed by atoms with Crippen LogP contribution in [0.1, 0.15) is 12.8 Å². The highest BCUT2D eigenvalue weighted by Crippen LogP contribution is 2.45. The molecule has 6 rings (SSSR count). The largest absolute Gasteiger partial charge is 0.478 e. The van der Waals surface area contributed by atoms with Gasteiger partial charge in [-0.2, -0.15) is 0 Å². The normalized spacial score (nSPS) is 28.7. The Labute approximate surface area is 177 Å². The van der Waals surface area contributed by atoms with Gasteiger partial charge in [-0.1, -0.05) is 46.8 Å². The van der Waals surface area contributed by atoms with Crippen LogP contribution >= 0.6 is 11.3 Å². The minimum absolute atomic E-state index is 0.351. The second kappa shape index (κ2) is 8.93. The Kier molecular flexibility index (Phi) is 6.10. The first kappa shape index (κ1) is 20.5. The number of carboxylic acid groups (broad SMARTS) is 2. The molecule has 3 aliphatic heterocycles. The van der Waals surface area contributed by atoms with Crippen LogP contribution < -0.4 is 4.74 Å². The number of aromatic nitrogens is 2. The highest BCUT2D eigenvalue weighted by molar-refractivity contribution is 7.16. The maximum absolute atomic E-state index is 9.55. The van der Waals surface area contributed by atoms with Crippen molar-refractivity contribution in [1.82, 2.24) is 15.1 Å². The molecule has 4 bridgehead atoms. The molecule has 1 aliphatic carbocycles. The number of carboxylic acids is 2. The Balaban J connectivity index is 0.000000235. The molecule has 2 N–H and O–H groups in total. The van der Waals surface area contributed by atoms with Gasteiger partial charge in [-0.15, -0.1) is 5.10 Å². The van der Waals surface area contributed by atoms with Crippen molar-refractivity contribution >= 4 is 23.3 Å². The Hall–Kier alpha value is -2.78. The monoisotopic (exact) mass is 429 g/mol. The molecule has 2 unspecified atom stereocenters. The molecule has 30 heavy (non-hydrogen) atoms. The molecule has 1 aromatic carbocycles. The topological polar surface area (TPSA) is 113 Å². The smallest absolute Gasteiger partial charge is 0.328 e. The number of piperidine rings is 3. The van der Waals surface area contributed by atoms with Gasteiger partial charge in [0.1, 0.15) is 6.10 Å². The molecule has 4 fully saturated rings. The lowest BCUT2D eigenvalue weighted by molar-refractivity contribution is -0.134. The van der Waals surface area contributed by atoms with Crippen molar-refractivity contribution in [3.63, 3.8) is 0 Å². The van der Waals surface area contributed by atoms with Crippen molar-refractivity contribution in [2.75, 3.05) is 19.6 Å². The first-order valence-corrected chi connectivity index (χ1v) is 10.7. The highest BCUT2D eigenvalue weighted by Gasteiger charge is 2.49. The standard InChI is InChI=1S/C17H19N3OS.C4H4O4/c1-2-4-12(5-3-1)16-18-19-17(22-16)21-15-13-6-11-7-14(15)10-20(8-11)9-13;5-3(6)1-2-4(7)8/h1-5,11,13-15H,6-10H2;1-2H,(H,5,6)(H,7,8)/b;2-1+. The first-order chi connectivity index (χ1) is 14.5. The number of hydrogen-bond acceptors (Lipinski definition) is 7. The van der Waals surface area contributed by atoms with Gasteiger partial charge in [-0.3, -0.25) is 0 Å². The number of aliphatic carboxylic acids is 2. The summed E-state index contributed by atoms with van der Waals surface area (Å²) in [6.07, 6.45) is 4.14. The number of benzene rings is 1. The van der Waals surface area contributed by atoms with Crippen LogP contribution in [0.4, 0.5) is 0 Å². The van der Waals surface area contributed by atoms with E-state index >= 15 is 0 Å². The molecule has 0 radical (unpaired) electrons. The van der Waals surface area contributed by atoms with E-state index in [-0.39, 0.29) is 0 Å². The van der Waals surface area contributed by atoms with E-state index in [1.807, 2.05) is 18.2 Å².